The van der Waals surface area contributed by atoms with Crippen molar-refractivity contribution in [2.24, 2.45) is 34.4 Å². The Labute approximate surface area is 300 Å². The van der Waals surface area contributed by atoms with E-state index in [1.807, 2.05) is 75.4 Å². The van der Waals surface area contributed by atoms with Crippen LogP contribution in [-0.4, -0.2) is 42.2 Å². The molecule has 0 aliphatic rings. The Morgan fingerprint density at radius 2 is 0.653 bits per heavy atom. The summed E-state index contributed by atoms with van der Waals surface area (Å²) in [5.74, 6) is 0. The van der Waals surface area contributed by atoms with Crippen LogP contribution in [0.5, 0.6) is 0 Å². The van der Waals surface area contributed by atoms with Crippen molar-refractivity contribution in [1.82, 2.24) is 0 Å². The molecule has 0 bridgehead atoms. The minimum absolute atomic E-state index is 0.475. The molecule has 0 amide bonds. The zero-order valence-electron chi connectivity index (χ0n) is 32.1. The second kappa shape index (κ2) is 14.2. The van der Waals surface area contributed by atoms with E-state index in [1.165, 1.54) is 0 Å². The van der Waals surface area contributed by atoms with Crippen LogP contribution in [0.25, 0.3) is 0 Å². The van der Waals surface area contributed by atoms with Crippen LogP contribution in [-0.2, 0) is 23.3 Å². The lowest BCUT2D eigenvalue weighted by Crippen LogP contribution is -2.83. The summed E-state index contributed by atoms with van der Waals surface area (Å²) in [4.78, 5) is 0. The lowest BCUT2D eigenvalue weighted by molar-refractivity contribution is 0.202. The molecule has 0 fully saturated rings. The number of benzene rings is 3. The molecule has 3 unspecified atom stereocenters. The molecule has 3 rings (SSSR count). The van der Waals surface area contributed by atoms with Crippen molar-refractivity contribution < 1.29 is 8.23 Å². The molecule has 8 nitrogen and oxygen atoms in total. The lowest BCUT2D eigenvalue weighted by atomic mass is 9.85. The zero-order chi connectivity index (χ0) is 37.4. The van der Waals surface area contributed by atoms with E-state index in [2.05, 4.69) is 89.9 Å². The van der Waals surface area contributed by atoms with Crippen LogP contribution < -0.4 is 34.4 Å². The third-order valence-electron chi connectivity index (χ3n) is 12.8. The molecule has 0 radical (unpaired) electrons. The van der Waals surface area contributed by atoms with Crippen LogP contribution in [0, 0.1) is 0 Å². The van der Waals surface area contributed by atoms with Gasteiger partial charge in [0, 0.05) is 10.1 Å². The first-order chi connectivity index (χ1) is 22.4. The van der Waals surface area contributed by atoms with Crippen molar-refractivity contribution in [3.63, 3.8) is 0 Å². The molecule has 0 aliphatic heterocycles. The van der Waals surface area contributed by atoms with Crippen molar-refractivity contribution >= 4 is 25.2 Å². The molecule has 49 heavy (non-hydrogen) atoms. The molecule has 0 heterocycles. The van der Waals surface area contributed by atoms with E-state index < -0.39 is 57.3 Å². The van der Waals surface area contributed by atoms with Crippen molar-refractivity contribution in [3.05, 3.63) is 108 Å². The highest BCUT2D eigenvalue weighted by Crippen LogP contribution is 2.52. The minimum Gasteiger partial charge on any atom is -0.435 e. The molecule has 0 spiro atoms. The molecule has 12 N–H and O–H groups in total. The molecule has 3 aromatic carbocycles. The molecular formula is C38H66N6O2Si3. The minimum atomic E-state index is -3.69. The first-order valence-corrected chi connectivity index (χ1v) is 25.8. The Morgan fingerprint density at radius 3 is 0.898 bits per heavy atom. The van der Waals surface area contributed by atoms with Gasteiger partial charge in [-0.05, 0) is 68.7 Å². The Balaban J connectivity index is 2.49. The van der Waals surface area contributed by atoms with Crippen LogP contribution >= 0.6 is 0 Å². The maximum atomic E-state index is 7.94. The molecule has 3 aromatic rings. The lowest BCUT2D eigenvalue weighted by Gasteiger charge is -2.62. The SMILES string of the molecule is CCC(N)(N)C(C)(c1ccccc1)[Si](C)(C)O[Si](C)(O[Si](C)(C)C(C)(c1ccccc1)C(N)(N)CC)C(C)(c1ccccc1)C(N)(N)CC. The third kappa shape index (κ3) is 6.73. The first-order valence-electron chi connectivity index (χ1n) is 17.7. The summed E-state index contributed by atoms with van der Waals surface area (Å²) < 4.78 is 15.9. The molecular weight excluding hydrogens is 657 g/mol. The fourth-order valence-electron chi connectivity index (χ4n) is 8.09. The average molecular weight is 723 g/mol. The normalized spacial score (nSPS) is 18.6. The van der Waals surface area contributed by atoms with Crippen LogP contribution in [0.15, 0.2) is 91.0 Å². The summed E-state index contributed by atoms with van der Waals surface area (Å²) in [6, 6.07) is 30.7. The Morgan fingerprint density at radius 1 is 0.429 bits per heavy atom. The Hall–Kier alpha value is -2.01. The predicted molar refractivity (Wildman–Crippen MR) is 214 cm³/mol. The molecule has 0 saturated heterocycles. The van der Waals surface area contributed by atoms with E-state index in [4.69, 9.17) is 42.6 Å². The summed E-state index contributed by atoms with van der Waals surface area (Å²) in [5, 5.41) is -2.48. The van der Waals surface area contributed by atoms with Gasteiger partial charge >= 0.3 is 8.56 Å². The van der Waals surface area contributed by atoms with Crippen LogP contribution in [0.3, 0.4) is 0 Å². The third-order valence-corrected chi connectivity index (χ3v) is 28.9. The average Bonchev–Trinajstić information content (AvgIpc) is 3.07. The van der Waals surface area contributed by atoms with Crippen molar-refractivity contribution in [2.75, 3.05) is 0 Å². The predicted octanol–water partition coefficient (Wildman–Crippen LogP) is 6.06. The van der Waals surface area contributed by atoms with Gasteiger partial charge in [-0.25, -0.2) is 0 Å². The van der Waals surface area contributed by atoms with Gasteiger partial charge in [0.2, 0.25) is 0 Å². The van der Waals surface area contributed by atoms with Gasteiger partial charge in [0.1, 0.15) is 0 Å². The van der Waals surface area contributed by atoms with Gasteiger partial charge in [0.25, 0.3) is 0 Å². The van der Waals surface area contributed by atoms with Gasteiger partial charge in [-0.3, -0.25) is 0 Å². The second-order valence-corrected chi connectivity index (χ2v) is 28.4. The Kier molecular flexibility index (Phi) is 12.0. The monoisotopic (exact) mass is 722 g/mol. The number of hydrogen-bond acceptors (Lipinski definition) is 8. The topological polar surface area (TPSA) is 175 Å². The van der Waals surface area contributed by atoms with Gasteiger partial charge < -0.3 is 42.6 Å². The Bertz CT molecular complexity index is 1440. The van der Waals surface area contributed by atoms with E-state index in [9.17, 15) is 0 Å². The first kappa shape index (κ1) is 41.4. The summed E-state index contributed by atoms with van der Waals surface area (Å²) >= 11 is 0. The number of hydrogen-bond donors (Lipinski definition) is 6. The van der Waals surface area contributed by atoms with Crippen LogP contribution in [0.4, 0.5) is 0 Å². The standard InChI is InChI=1S/C38H66N6O2Si3/c1-12-36(39,40)33(4,30-24-18-15-19-25-30)47(7,8)45-49(11,35(6,38(43,44)14-3)32-28-22-17-23-29-32)46-48(9,10)34(5,37(41,42)13-2)31-26-20-16-21-27-31/h15-29H,12-14,39-44H2,1-11H3. The molecule has 272 valence electrons. The molecule has 3 atom stereocenters. The summed E-state index contributed by atoms with van der Waals surface area (Å²) in [6.45, 7) is 23.5. The van der Waals surface area contributed by atoms with Gasteiger partial charge in [-0.2, -0.15) is 0 Å². The van der Waals surface area contributed by atoms with Gasteiger partial charge in [-0.15, -0.1) is 0 Å². The van der Waals surface area contributed by atoms with E-state index in [1.54, 1.807) is 0 Å². The summed E-state index contributed by atoms with van der Waals surface area (Å²) in [6.07, 6.45) is 1.54. The fourth-order valence-corrected chi connectivity index (χ4v) is 25.7. The van der Waals surface area contributed by atoms with Crippen molar-refractivity contribution in [3.8, 4) is 0 Å². The smallest absolute Gasteiger partial charge is 0.328 e. The highest BCUT2D eigenvalue weighted by atomic mass is 28.5. The fraction of sp³-hybridized carbons (Fsp3) is 0.526. The number of rotatable bonds is 16. The molecule has 0 aromatic heterocycles. The summed E-state index contributed by atoms with van der Waals surface area (Å²) in [5.41, 5.74) is 42.8. The molecule has 0 aliphatic carbocycles. The summed E-state index contributed by atoms with van der Waals surface area (Å²) in [7, 11) is -9.85. The largest absolute Gasteiger partial charge is 0.435 e. The number of nitrogens with two attached hydrogens (primary N) is 6. The highest BCUT2D eigenvalue weighted by molar-refractivity contribution is 6.91. The van der Waals surface area contributed by atoms with E-state index in [0.717, 1.165) is 16.7 Å². The van der Waals surface area contributed by atoms with E-state index in [0.29, 0.717) is 19.3 Å². The van der Waals surface area contributed by atoms with Crippen LogP contribution in [0.1, 0.15) is 77.5 Å². The zero-order valence-corrected chi connectivity index (χ0v) is 35.1. The maximum absolute atomic E-state index is 7.94. The van der Waals surface area contributed by atoms with E-state index in [-0.39, 0.29) is 0 Å². The molecule has 11 heteroatoms. The van der Waals surface area contributed by atoms with Gasteiger partial charge in [0.05, 0.1) is 22.0 Å². The molecule has 0 saturated carbocycles. The van der Waals surface area contributed by atoms with E-state index >= 15 is 0 Å². The second-order valence-electron chi connectivity index (χ2n) is 15.8. The maximum Gasteiger partial charge on any atom is 0.328 e. The quantitative estimate of drug-likeness (QED) is 0.0764. The van der Waals surface area contributed by atoms with Gasteiger partial charge in [0.15, 0.2) is 16.6 Å². The van der Waals surface area contributed by atoms with Gasteiger partial charge in [-0.1, -0.05) is 133 Å². The highest BCUT2D eigenvalue weighted by Gasteiger charge is 2.69. The van der Waals surface area contributed by atoms with Crippen molar-refractivity contribution in [1.29, 1.82) is 0 Å². The van der Waals surface area contributed by atoms with Crippen LogP contribution in [0.2, 0.25) is 32.7 Å². The van der Waals surface area contributed by atoms with Crippen molar-refractivity contribution in [2.45, 2.75) is 126 Å².